The van der Waals surface area contributed by atoms with E-state index in [4.69, 9.17) is 11.2 Å². The number of thiazole rings is 1. The third-order valence-electron chi connectivity index (χ3n) is 4.42. The normalized spacial score (nSPS) is 12.0. The van der Waals surface area contributed by atoms with Gasteiger partial charge in [0.05, 0.1) is 20.0 Å². The fourth-order valence-corrected chi connectivity index (χ4v) is 4.41. The van der Waals surface area contributed by atoms with E-state index in [1.165, 1.54) is 16.9 Å². The van der Waals surface area contributed by atoms with E-state index in [2.05, 4.69) is 26.8 Å². The Labute approximate surface area is 168 Å². The van der Waals surface area contributed by atoms with E-state index in [0.717, 1.165) is 26.6 Å². The lowest BCUT2D eigenvalue weighted by atomic mass is 10.1. The molecule has 0 N–H and O–H groups in total. The van der Waals surface area contributed by atoms with Gasteiger partial charge in [-0.05, 0) is 76.8 Å². The predicted molar refractivity (Wildman–Crippen MR) is 114 cm³/mol. The number of fused-ring (bicyclic) bond motifs is 3. The number of ether oxygens (including phenoxy) is 1. The summed E-state index contributed by atoms with van der Waals surface area (Å²) in [6, 6.07) is 9.68. The van der Waals surface area contributed by atoms with Crippen LogP contribution in [0.5, 0.6) is 5.75 Å². The molecule has 4 aromatic rings. The van der Waals surface area contributed by atoms with Crippen LogP contribution in [0.25, 0.3) is 22.1 Å². The number of hydrogen-bond donors (Lipinski definition) is 0. The summed E-state index contributed by atoms with van der Waals surface area (Å²) in [7, 11) is 0. The van der Waals surface area contributed by atoms with Crippen molar-refractivity contribution in [3.63, 3.8) is 0 Å². The molecular weight excluding hydrogens is 424 g/mol. The van der Waals surface area contributed by atoms with Crippen molar-refractivity contribution in [2.24, 2.45) is 0 Å². The zero-order chi connectivity index (χ0) is 19.1. The summed E-state index contributed by atoms with van der Waals surface area (Å²) >= 11 is 4.87. The van der Waals surface area contributed by atoms with Crippen LogP contribution in [0.2, 0.25) is 0 Å². The standard InChI is InChI=1S/C21H15BrN2O2S/c1-4-7-26-18-6-5-14(10-15(18)22)11-19-20(25)24-17-9-13(3)12(2)8-16(17)23-21(24)27-19/h1,5-6,8-11H,7H2,2-3H3/b19-11-. The van der Waals surface area contributed by atoms with Gasteiger partial charge in [0.1, 0.15) is 12.4 Å². The van der Waals surface area contributed by atoms with E-state index < -0.39 is 0 Å². The van der Waals surface area contributed by atoms with Crippen LogP contribution in [0.1, 0.15) is 16.7 Å². The number of hydrogen-bond acceptors (Lipinski definition) is 4. The lowest BCUT2D eigenvalue weighted by Crippen LogP contribution is -2.22. The molecule has 0 spiro atoms. The van der Waals surface area contributed by atoms with E-state index in [1.807, 2.05) is 50.3 Å². The maximum atomic E-state index is 12.9. The molecular formula is C21H15BrN2O2S. The molecule has 4 nitrogen and oxygen atoms in total. The summed E-state index contributed by atoms with van der Waals surface area (Å²) in [5.41, 5.74) is 4.87. The van der Waals surface area contributed by atoms with Crippen molar-refractivity contribution >= 4 is 49.3 Å². The second-order valence-corrected chi connectivity index (χ2v) is 8.12. The van der Waals surface area contributed by atoms with E-state index >= 15 is 0 Å². The fourth-order valence-electron chi connectivity index (χ4n) is 2.91. The first-order valence-corrected chi connectivity index (χ1v) is 9.88. The summed E-state index contributed by atoms with van der Waals surface area (Å²) in [4.78, 5) is 18.3. The topological polar surface area (TPSA) is 43.6 Å². The average molecular weight is 439 g/mol. The van der Waals surface area contributed by atoms with Crippen LogP contribution in [0, 0.1) is 26.2 Å². The van der Waals surface area contributed by atoms with Crippen molar-refractivity contribution in [1.29, 1.82) is 0 Å². The maximum Gasteiger partial charge on any atom is 0.274 e. The van der Waals surface area contributed by atoms with Gasteiger partial charge in [0.25, 0.3) is 5.56 Å². The number of benzene rings is 2. The molecule has 0 fully saturated rings. The predicted octanol–water partition coefficient (Wildman–Crippen LogP) is 3.85. The second-order valence-electron chi connectivity index (χ2n) is 6.25. The monoisotopic (exact) mass is 438 g/mol. The quantitative estimate of drug-likeness (QED) is 0.456. The van der Waals surface area contributed by atoms with Gasteiger partial charge in [-0.25, -0.2) is 9.38 Å². The first-order chi connectivity index (χ1) is 13.0. The first kappa shape index (κ1) is 17.8. The Morgan fingerprint density at radius 3 is 2.81 bits per heavy atom. The molecule has 0 unspecified atom stereocenters. The van der Waals surface area contributed by atoms with Crippen LogP contribution < -0.4 is 14.8 Å². The Bertz CT molecular complexity index is 1350. The highest BCUT2D eigenvalue weighted by atomic mass is 79.9. The molecule has 0 radical (unpaired) electrons. The van der Waals surface area contributed by atoms with Crippen LogP contribution in [0.15, 0.2) is 39.6 Å². The zero-order valence-electron chi connectivity index (χ0n) is 14.7. The molecule has 0 bridgehead atoms. The molecule has 0 atom stereocenters. The Balaban J connectivity index is 1.84. The lowest BCUT2D eigenvalue weighted by molar-refractivity contribution is 0.368. The Morgan fingerprint density at radius 2 is 2.07 bits per heavy atom. The minimum absolute atomic E-state index is 0.0514. The molecule has 0 amide bonds. The van der Waals surface area contributed by atoms with Gasteiger partial charge in [-0.15, -0.1) is 6.42 Å². The van der Waals surface area contributed by atoms with E-state index in [-0.39, 0.29) is 12.2 Å². The minimum Gasteiger partial charge on any atom is -0.480 e. The summed E-state index contributed by atoms with van der Waals surface area (Å²) < 4.78 is 8.57. The summed E-state index contributed by atoms with van der Waals surface area (Å²) in [5.74, 6) is 3.11. The maximum absolute atomic E-state index is 12.9. The second kappa shape index (κ2) is 6.84. The lowest BCUT2D eigenvalue weighted by Gasteiger charge is -2.05. The van der Waals surface area contributed by atoms with Crippen LogP contribution in [-0.2, 0) is 0 Å². The fraction of sp³-hybridized carbons (Fsp3) is 0.143. The summed E-state index contributed by atoms with van der Waals surface area (Å²) in [5, 5.41) is 0. The molecule has 0 aliphatic heterocycles. The van der Waals surface area contributed by atoms with Crippen molar-refractivity contribution in [3.8, 4) is 18.1 Å². The van der Waals surface area contributed by atoms with Crippen molar-refractivity contribution in [3.05, 3.63) is 66.4 Å². The van der Waals surface area contributed by atoms with Crippen molar-refractivity contribution in [1.82, 2.24) is 9.38 Å². The average Bonchev–Trinajstić information content (AvgIpc) is 3.11. The highest BCUT2D eigenvalue weighted by Crippen LogP contribution is 2.26. The van der Waals surface area contributed by atoms with Gasteiger partial charge < -0.3 is 4.74 Å². The number of rotatable bonds is 3. The van der Waals surface area contributed by atoms with E-state index in [0.29, 0.717) is 15.2 Å². The molecule has 0 saturated carbocycles. The molecule has 2 aromatic carbocycles. The van der Waals surface area contributed by atoms with Gasteiger partial charge in [0, 0.05) is 0 Å². The third kappa shape index (κ3) is 3.14. The SMILES string of the molecule is C#CCOc1ccc(/C=c2\sc3nc4cc(C)c(C)cc4n3c2=O)cc1Br. The van der Waals surface area contributed by atoms with Crippen LogP contribution in [0.4, 0.5) is 0 Å². The third-order valence-corrected chi connectivity index (χ3v) is 6.01. The Morgan fingerprint density at radius 1 is 1.30 bits per heavy atom. The number of halogens is 1. The smallest absolute Gasteiger partial charge is 0.274 e. The molecule has 2 aromatic heterocycles. The Kier molecular flexibility index (Phi) is 4.50. The summed E-state index contributed by atoms with van der Waals surface area (Å²) in [6.45, 7) is 4.30. The molecule has 0 aliphatic carbocycles. The highest BCUT2D eigenvalue weighted by molar-refractivity contribution is 9.10. The molecule has 0 aliphatic rings. The van der Waals surface area contributed by atoms with E-state index in [9.17, 15) is 4.79 Å². The number of aromatic nitrogens is 2. The number of terminal acetylenes is 1. The molecule has 134 valence electrons. The number of imidazole rings is 1. The van der Waals surface area contributed by atoms with Gasteiger partial charge >= 0.3 is 0 Å². The largest absolute Gasteiger partial charge is 0.480 e. The van der Waals surface area contributed by atoms with Crippen molar-refractivity contribution in [2.75, 3.05) is 6.61 Å². The van der Waals surface area contributed by atoms with Gasteiger partial charge in [-0.3, -0.25) is 4.79 Å². The number of nitrogens with zero attached hydrogens (tertiary/aromatic N) is 2. The van der Waals surface area contributed by atoms with Gasteiger partial charge in [0.2, 0.25) is 0 Å². The van der Waals surface area contributed by atoms with E-state index in [1.54, 1.807) is 4.40 Å². The summed E-state index contributed by atoms with van der Waals surface area (Å²) in [6.07, 6.45) is 7.09. The highest BCUT2D eigenvalue weighted by Gasteiger charge is 2.12. The van der Waals surface area contributed by atoms with Crippen molar-refractivity contribution < 1.29 is 4.74 Å². The molecule has 27 heavy (non-hydrogen) atoms. The van der Waals surface area contributed by atoms with Gasteiger partial charge in [-0.2, -0.15) is 0 Å². The zero-order valence-corrected chi connectivity index (χ0v) is 17.1. The Hall–Kier alpha value is -2.62. The van der Waals surface area contributed by atoms with Crippen LogP contribution >= 0.6 is 27.3 Å². The van der Waals surface area contributed by atoms with Crippen molar-refractivity contribution in [2.45, 2.75) is 13.8 Å². The van der Waals surface area contributed by atoms with Crippen LogP contribution in [0.3, 0.4) is 0 Å². The van der Waals surface area contributed by atoms with Gasteiger partial charge in [0.15, 0.2) is 4.96 Å². The molecule has 6 heteroatoms. The number of aryl methyl sites for hydroxylation is 2. The molecule has 2 heterocycles. The first-order valence-electron chi connectivity index (χ1n) is 8.27. The van der Waals surface area contributed by atoms with Crippen LogP contribution in [-0.4, -0.2) is 16.0 Å². The minimum atomic E-state index is -0.0514. The molecule has 4 rings (SSSR count). The molecule has 0 saturated heterocycles. The van der Waals surface area contributed by atoms with Gasteiger partial charge in [-0.1, -0.05) is 23.3 Å².